The number of aromatic nitrogens is 2. The van der Waals surface area contributed by atoms with Crippen LogP contribution in [0.25, 0.3) is 10.9 Å². The number of carbonyl (C=O) groups excluding carboxylic acids is 2. The average molecular weight is 376 g/mol. The maximum atomic E-state index is 12.6. The molecule has 3 rings (SSSR count). The van der Waals surface area contributed by atoms with Gasteiger partial charge in [0, 0.05) is 36.6 Å². The number of ether oxygens (including phenoxy) is 1. The number of anilines is 1. The Labute approximate surface area is 155 Å². The van der Waals surface area contributed by atoms with Gasteiger partial charge in [0.1, 0.15) is 0 Å². The number of alkyl halides is 1. The molecule has 8 nitrogen and oxygen atoms in total. The molecule has 2 N–H and O–H groups in total. The van der Waals surface area contributed by atoms with Crippen molar-refractivity contribution in [1.82, 2.24) is 14.8 Å². The molecular weight excluding hydrogens is 358 g/mol. The summed E-state index contributed by atoms with van der Waals surface area (Å²) in [5.41, 5.74) is 0.724. The number of benzene rings is 1. The summed E-state index contributed by atoms with van der Waals surface area (Å²) < 4.78 is 6.54. The number of allylic oxidation sites excluding steroid dienone is 1. The zero-order chi connectivity index (χ0) is 18.8. The fraction of sp³-hybridized carbons (Fsp3) is 0.235. The molecule has 2 aromatic rings. The molecule has 0 fully saturated rings. The number of fused-ring (bicyclic) bond motifs is 1. The number of halogens is 1. The van der Waals surface area contributed by atoms with E-state index in [2.05, 4.69) is 5.10 Å². The molecule has 0 saturated heterocycles. The quantitative estimate of drug-likeness (QED) is 0.287. The number of esters is 1. The van der Waals surface area contributed by atoms with Crippen molar-refractivity contribution in [3.63, 3.8) is 0 Å². The van der Waals surface area contributed by atoms with Crippen molar-refractivity contribution >= 4 is 40.1 Å². The summed E-state index contributed by atoms with van der Waals surface area (Å²) in [6, 6.07) is 5.42. The van der Waals surface area contributed by atoms with Crippen LogP contribution in [0.2, 0.25) is 0 Å². The molecule has 2 heterocycles. The fourth-order valence-corrected chi connectivity index (χ4v) is 2.81. The summed E-state index contributed by atoms with van der Waals surface area (Å²) in [7, 11) is 1.82. The third kappa shape index (κ3) is 3.42. The minimum atomic E-state index is -1.11. The molecule has 1 aliphatic rings. The number of amides is 1. The zero-order valence-electron chi connectivity index (χ0n) is 14.3. The van der Waals surface area contributed by atoms with E-state index in [9.17, 15) is 9.59 Å². The summed E-state index contributed by atoms with van der Waals surface area (Å²) in [6.45, 7) is 1.98. The third-order valence-corrected chi connectivity index (χ3v) is 4.20. The van der Waals surface area contributed by atoms with Crippen LogP contribution in [-0.4, -0.2) is 38.8 Å². The molecular formula is C17H18ClN5O3. The van der Waals surface area contributed by atoms with Gasteiger partial charge in [-0.15, -0.1) is 0 Å². The largest absolute Gasteiger partial charge is 0.463 e. The lowest BCUT2D eigenvalue weighted by Crippen LogP contribution is -2.51. The summed E-state index contributed by atoms with van der Waals surface area (Å²) in [5, 5.41) is 6.29. The Morgan fingerprint density at radius 2 is 2.23 bits per heavy atom. The van der Waals surface area contributed by atoms with Crippen molar-refractivity contribution in [3.8, 4) is 0 Å². The Hall–Kier alpha value is -2.84. The number of nitrogens with two attached hydrogens (primary N) is 1. The second-order valence-corrected chi connectivity index (χ2v) is 6.05. The summed E-state index contributed by atoms with van der Waals surface area (Å²) in [4.78, 5) is 25.5. The van der Waals surface area contributed by atoms with Gasteiger partial charge in [0.2, 0.25) is 0 Å². The van der Waals surface area contributed by atoms with Gasteiger partial charge in [-0.3, -0.25) is 19.4 Å². The van der Waals surface area contributed by atoms with Gasteiger partial charge in [-0.25, -0.2) is 10.6 Å². The van der Waals surface area contributed by atoms with Crippen molar-refractivity contribution < 1.29 is 14.3 Å². The lowest BCUT2D eigenvalue weighted by atomic mass is 10.2. The van der Waals surface area contributed by atoms with Crippen molar-refractivity contribution in [3.05, 3.63) is 48.4 Å². The van der Waals surface area contributed by atoms with Gasteiger partial charge in [-0.05, 0) is 31.2 Å². The first-order valence-corrected chi connectivity index (χ1v) is 8.35. The van der Waals surface area contributed by atoms with Crippen molar-refractivity contribution in [2.75, 3.05) is 11.5 Å². The normalized spacial score (nSPS) is 17.9. The van der Waals surface area contributed by atoms with Crippen LogP contribution >= 0.6 is 11.6 Å². The number of hydrogen-bond acceptors (Lipinski definition) is 6. The molecule has 1 aromatic carbocycles. The molecule has 1 aromatic heterocycles. The highest BCUT2D eigenvalue weighted by atomic mass is 35.5. The van der Waals surface area contributed by atoms with Crippen molar-refractivity contribution in [1.29, 1.82) is 0 Å². The lowest BCUT2D eigenvalue weighted by Gasteiger charge is -2.34. The molecule has 1 unspecified atom stereocenters. The summed E-state index contributed by atoms with van der Waals surface area (Å²) in [6.07, 6.45) is 6.06. The topological polar surface area (TPSA) is 93.7 Å². The van der Waals surface area contributed by atoms with Gasteiger partial charge in [0.15, 0.2) is 5.50 Å². The van der Waals surface area contributed by atoms with E-state index in [1.165, 1.54) is 23.3 Å². The number of aryl methyl sites for hydroxylation is 1. The van der Waals surface area contributed by atoms with Gasteiger partial charge in [-0.1, -0.05) is 11.6 Å². The molecule has 9 heteroatoms. The SMILES string of the molecule is CCOC(=O)/C=C/C1=CN(c2ccc3nn(C)cc3c2)C(=O)C(Cl)N1N. The van der Waals surface area contributed by atoms with Gasteiger partial charge >= 0.3 is 5.97 Å². The van der Waals surface area contributed by atoms with Crippen LogP contribution in [0.5, 0.6) is 0 Å². The van der Waals surface area contributed by atoms with E-state index in [0.717, 1.165) is 15.9 Å². The Morgan fingerprint density at radius 1 is 1.46 bits per heavy atom. The lowest BCUT2D eigenvalue weighted by molar-refractivity contribution is -0.137. The summed E-state index contributed by atoms with van der Waals surface area (Å²) >= 11 is 6.16. The minimum Gasteiger partial charge on any atom is -0.463 e. The number of hydrogen-bond donors (Lipinski definition) is 1. The molecule has 136 valence electrons. The van der Waals surface area contributed by atoms with Crippen LogP contribution in [0.1, 0.15) is 6.92 Å². The van der Waals surface area contributed by atoms with Gasteiger partial charge < -0.3 is 4.74 Å². The Bertz CT molecular complexity index is 920. The Morgan fingerprint density at radius 3 is 2.96 bits per heavy atom. The Balaban J connectivity index is 1.97. The van der Waals surface area contributed by atoms with E-state index in [4.69, 9.17) is 22.2 Å². The molecule has 0 saturated carbocycles. The maximum absolute atomic E-state index is 12.6. The molecule has 0 spiro atoms. The van der Waals surface area contributed by atoms with Gasteiger partial charge in [0.25, 0.3) is 5.91 Å². The molecule has 0 aliphatic carbocycles. The van der Waals surface area contributed by atoms with E-state index < -0.39 is 17.4 Å². The van der Waals surface area contributed by atoms with Gasteiger partial charge in [0.05, 0.1) is 17.8 Å². The number of carbonyl (C=O) groups is 2. The van der Waals surface area contributed by atoms with E-state index >= 15 is 0 Å². The highest BCUT2D eigenvalue weighted by molar-refractivity contribution is 6.33. The fourth-order valence-electron chi connectivity index (χ4n) is 2.59. The zero-order valence-corrected chi connectivity index (χ0v) is 15.1. The second kappa shape index (κ2) is 7.19. The number of nitrogens with zero attached hydrogens (tertiary/aromatic N) is 4. The second-order valence-electron chi connectivity index (χ2n) is 5.64. The molecule has 0 bridgehead atoms. The van der Waals surface area contributed by atoms with Crippen LogP contribution in [-0.2, 0) is 21.4 Å². The minimum absolute atomic E-state index is 0.266. The van der Waals surface area contributed by atoms with E-state index in [-0.39, 0.29) is 6.61 Å². The first-order chi connectivity index (χ1) is 12.4. The molecule has 26 heavy (non-hydrogen) atoms. The van der Waals surface area contributed by atoms with E-state index in [1.807, 2.05) is 25.4 Å². The highest BCUT2D eigenvalue weighted by Crippen LogP contribution is 2.28. The standard InChI is InChI=1S/C17H18ClN5O3/c1-3-26-15(24)7-5-13-10-22(17(25)16(18)23(13)19)12-4-6-14-11(8-12)9-21(2)20-14/h4-10,16H,3,19H2,1-2H3/b7-5+. The first-order valence-electron chi connectivity index (χ1n) is 7.92. The molecule has 1 amide bonds. The first kappa shape index (κ1) is 18.0. The third-order valence-electron chi connectivity index (χ3n) is 3.80. The van der Waals surface area contributed by atoms with Crippen LogP contribution in [0.4, 0.5) is 5.69 Å². The maximum Gasteiger partial charge on any atom is 0.330 e. The van der Waals surface area contributed by atoms with Crippen LogP contribution < -0.4 is 10.7 Å². The predicted molar refractivity (Wildman–Crippen MR) is 97.7 cm³/mol. The number of hydrazine groups is 1. The van der Waals surface area contributed by atoms with Crippen LogP contribution in [0.3, 0.4) is 0 Å². The summed E-state index contributed by atoms with van der Waals surface area (Å²) in [5.74, 6) is 4.97. The predicted octanol–water partition coefficient (Wildman–Crippen LogP) is 1.62. The van der Waals surface area contributed by atoms with Crippen molar-refractivity contribution in [2.45, 2.75) is 12.4 Å². The smallest absolute Gasteiger partial charge is 0.330 e. The van der Waals surface area contributed by atoms with E-state index in [1.54, 1.807) is 17.7 Å². The van der Waals surface area contributed by atoms with E-state index in [0.29, 0.717) is 11.4 Å². The average Bonchev–Trinajstić information content (AvgIpc) is 2.98. The number of rotatable bonds is 4. The van der Waals surface area contributed by atoms with Crippen molar-refractivity contribution in [2.24, 2.45) is 12.9 Å². The van der Waals surface area contributed by atoms with Crippen LogP contribution in [0, 0.1) is 0 Å². The Kier molecular flexibility index (Phi) is 4.97. The highest BCUT2D eigenvalue weighted by Gasteiger charge is 2.32. The molecule has 1 aliphatic heterocycles. The monoisotopic (exact) mass is 375 g/mol. The van der Waals surface area contributed by atoms with Crippen LogP contribution in [0.15, 0.2) is 48.4 Å². The molecule has 0 radical (unpaired) electrons. The molecule has 1 atom stereocenters. The van der Waals surface area contributed by atoms with Gasteiger partial charge in [-0.2, -0.15) is 5.10 Å².